The lowest BCUT2D eigenvalue weighted by Crippen LogP contribution is -1.83. The smallest absolute Gasteiger partial charge is 0.0824 e. The van der Waals surface area contributed by atoms with Crippen molar-refractivity contribution in [2.75, 3.05) is 7.11 Å². The number of unbranched alkanes of at least 4 members (excludes halogenated alkanes) is 14. The minimum Gasteiger partial charge on any atom is -0.504 e. The molecule has 0 aromatic heterocycles. The van der Waals surface area contributed by atoms with Gasteiger partial charge in [-0.1, -0.05) is 103 Å². The van der Waals surface area contributed by atoms with Crippen molar-refractivity contribution in [1.82, 2.24) is 0 Å². The molecule has 0 saturated carbocycles. The van der Waals surface area contributed by atoms with E-state index in [1.54, 1.807) is 13.4 Å². The summed E-state index contributed by atoms with van der Waals surface area (Å²) in [6.45, 7) is 2.29. The van der Waals surface area contributed by atoms with Crippen LogP contribution in [0.4, 0.5) is 0 Å². The first-order chi connectivity index (χ1) is 10.9. The summed E-state index contributed by atoms with van der Waals surface area (Å²) in [6, 6.07) is 0. The van der Waals surface area contributed by atoms with Crippen molar-refractivity contribution < 1.29 is 4.74 Å². The molecule has 0 aliphatic carbocycles. The molecule has 0 bridgehead atoms. The Balaban J connectivity index is 3.02. The second-order valence-electron chi connectivity index (χ2n) is 6.38. The first-order valence-corrected chi connectivity index (χ1v) is 9.76. The van der Waals surface area contributed by atoms with E-state index in [0.717, 1.165) is 0 Å². The highest BCUT2D eigenvalue weighted by atomic mass is 16.5. The van der Waals surface area contributed by atoms with E-state index in [4.69, 9.17) is 4.74 Å². The lowest BCUT2D eigenvalue weighted by Gasteiger charge is -2.02. The van der Waals surface area contributed by atoms with Gasteiger partial charge < -0.3 is 4.74 Å². The van der Waals surface area contributed by atoms with Gasteiger partial charge in [0.1, 0.15) is 0 Å². The minimum absolute atomic E-state index is 1.20. The molecule has 0 aromatic rings. The summed E-state index contributed by atoms with van der Waals surface area (Å²) in [5, 5.41) is 0. The number of methoxy groups -OCH3 is 1. The zero-order chi connectivity index (χ0) is 16.1. The highest BCUT2D eigenvalue weighted by Gasteiger charge is 1.93. The summed E-state index contributed by atoms with van der Waals surface area (Å²) in [7, 11) is 1.68. The molecule has 0 saturated heterocycles. The van der Waals surface area contributed by atoms with Gasteiger partial charge in [0.2, 0.25) is 0 Å². The molecular weight excluding hydrogens is 268 g/mol. The van der Waals surface area contributed by atoms with Gasteiger partial charge in [0.15, 0.2) is 0 Å². The fourth-order valence-electron chi connectivity index (χ4n) is 2.76. The predicted molar refractivity (Wildman–Crippen MR) is 100 cm³/mol. The monoisotopic (exact) mass is 308 g/mol. The molecule has 0 aliphatic rings. The molecule has 1 heteroatoms. The van der Waals surface area contributed by atoms with E-state index in [1.807, 2.05) is 6.08 Å². The molecular formula is C21H40O. The molecule has 0 rings (SSSR count). The Bertz CT molecular complexity index is 242. The molecule has 0 aliphatic heterocycles. The van der Waals surface area contributed by atoms with Crippen LogP contribution >= 0.6 is 0 Å². The maximum Gasteiger partial charge on any atom is 0.0824 e. The molecule has 0 atom stereocenters. The predicted octanol–water partition coefficient (Wildman–Crippen LogP) is 7.57. The van der Waals surface area contributed by atoms with Crippen molar-refractivity contribution in [2.45, 2.75) is 103 Å². The van der Waals surface area contributed by atoms with Crippen molar-refractivity contribution in [3.63, 3.8) is 0 Å². The third kappa shape index (κ3) is 19.3. The van der Waals surface area contributed by atoms with E-state index in [9.17, 15) is 0 Å². The minimum atomic E-state index is 1.20. The van der Waals surface area contributed by atoms with Gasteiger partial charge in [-0.05, 0) is 18.9 Å². The molecule has 0 unspecified atom stereocenters. The summed E-state index contributed by atoms with van der Waals surface area (Å²) in [5.74, 6) is 0. The van der Waals surface area contributed by atoms with Crippen LogP contribution in [0.5, 0.6) is 0 Å². The van der Waals surface area contributed by atoms with Gasteiger partial charge in [-0.25, -0.2) is 0 Å². The van der Waals surface area contributed by atoms with E-state index in [1.165, 1.54) is 96.3 Å². The van der Waals surface area contributed by atoms with Gasteiger partial charge in [0, 0.05) is 0 Å². The highest BCUT2D eigenvalue weighted by molar-refractivity contribution is 4.99. The van der Waals surface area contributed by atoms with E-state index in [0.29, 0.717) is 0 Å². The van der Waals surface area contributed by atoms with Gasteiger partial charge in [-0.2, -0.15) is 0 Å². The number of hydrogen-bond acceptors (Lipinski definition) is 1. The second kappa shape index (κ2) is 20.3. The first kappa shape index (κ1) is 21.3. The summed E-state index contributed by atoms with van der Waals surface area (Å²) in [4.78, 5) is 0. The van der Waals surface area contributed by atoms with Gasteiger partial charge in [0.25, 0.3) is 0 Å². The molecule has 1 nitrogen and oxygen atoms in total. The van der Waals surface area contributed by atoms with Gasteiger partial charge in [-0.3, -0.25) is 0 Å². The highest BCUT2D eigenvalue weighted by Crippen LogP contribution is 2.13. The molecule has 0 fully saturated rings. The first-order valence-electron chi connectivity index (χ1n) is 9.76. The van der Waals surface area contributed by atoms with Crippen molar-refractivity contribution >= 4 is 0 Å². The van der Waals surface area contributed by atoms with E-state index in [-0.39, 0.29) is 0 Å². The Labute approximate surface area is 140 Å². The van der Waals surface area contributed by atoms with E-state index >= 15 is 0 Å². The third-order valence-electron chi connectivity index (χ3n) is 4.19. The Morgan fingerprint density at radius 2 is 1.05 bits per heavy atom. The van der Waals surface area contributed by atoms with Crippen LogP contribution in [0, 0.1) is 0 Å². The summed E-state index contributed by atoms with van der Waals surface area (Å²) >= 11 is 0. The molecule has 0 aromatic carbocycles. The van der Waals surface area contributed by atoms with Crippen LogP contribution in [0.2, 0.25) is 0 Å². The van der Waals surface area contributed by atoms with Crippen molar-refractivity contribution in [1.29, 1.82) is 0 Å². The van der Waals surface area contributed by atoms with Crippen molar-refractivity contribution in [3.05, 3.63) is 24.5 Å². The largest absolute Gasteiger partial charge is 0.504 e. The molecule has 0 amide bonds. The Morgan fingerprint density at radius 1 is 0.591 bits per heavy atom. The Hall–Kier alpha value is -0.720. The van der Waals surface area contributed by atoms with Crippen LogP contribution in [0.1, 0.15) is 103 Å². The number of rotatable bonds is 17. The van der Waals surface area contributed by atoms with Crippen molar-refractivity contribution in [2.24, 2.45) is 0 Å². The average Bonchev–Trinajstić information content (AvgIpc) is 2.54. The SMILES string of the molecule is CCCCCCCCCCCCCCCCC=CC=COC. The number of allylic oxidation sites excluding steroid dienone is 3. The maximum absolute atomic E-state index is 4.84. The second-order valence-corrected chi connectivity index (χ2v) is 6.38. The van der Waals surface area contributed by atoms with Crippen LogP contribution in [0.25, 0.3) is 0 Å². The Kier molecular flexibility index (Phi) is 19.6. The van der Waals surface area contributed by atoms with Crippen molar-refractivity contribution in [3.8, 4) is 0 Å². The van der Waals surface area contributed by atoms with Crippen LogP contribution < -0.4 is 0 Å². The third-order valence-corrected chi connectivity index (χ3v) is 4.19. The topological polar surface area (TPSA) is 9.23 Å². The van der Waals surface area contributed by atoms with Gasteiger partial charge >= 0.3 is 0 Å². The van der Waals surface area contributed by atoms with Crippen LogP contribution in [0.15, 0.2) is 24.5 Å². The number of ether oxygens (including phenoxy) is 1. The van der Waals surface area contributed by atoms with E-state index in [2.05, 4.69) is 19.1 Å². The summed E-state index contributed by atoms with van der Waals surface area (Å²) in [5.41, 5.74) is 0. The van der Waals surface area contributed by atoms with E-state index < -0.39 is 0 Å². The lowest BCUT2D eigenvalue weighted by molar-refractivity contribution is 0.338. The number of hydrogen-bond donors (Lipinski definition) is 0. The van der Waals surface area contributed by atoms with Crippen LogP contribution in [0.3, 0.4) is 0 Å². The summed E-state index contributed by atoms with van der Waals surface area (Å²) in [6.07, 6.45) is 29.2. The zero-order valence-corrected chi connectivity index (χ0v) is 15.3. The maximum atomic E-state index is 4.84. The lowest BCUT2D eigenvalue weighted by atomic mass is 10.0. The molecule has 0 heterocycles. The average molecular weight is 309 g/mol. The van der Waals surface area contributed by atoms with Crippen LogP contribution in [-0.2, 0) is 4.74 Å². The fraction of sp³-hybridized carbons (Fsp3) is 0.810. The van der Waals surface area contributed by atoms with Gasteiger partial charge in [0.05, 0.1) is 13.4 Å². The van der Waals surface area contributed by atoms with Gasteiger partial charge in [-0.15, -0.1) is 0 Å². The zero-order valence-electron chi connectivity index (χ0n) is 15.3. The fourth-order valence-corrected chi connectivity index (χ4v) is 2.76. The normalized spacial score (nSPS) is 11.7. The summed E-state index contributed by atoms with van der Waals surface area (Å²) < 4.78 is 4.84. The molecule has 0 spiro atoms. The molecule has 130 valence electrons. The Morgan fingerprint density at radius 3 is 1.50 bits per heavy atom. The standard InChI is InChI=1S/C21H40O/c1-3-4-5-6-7-8-9-10-11-12-13-14-15-16-17-18-19-20-21-22-2/h18-21H,3-17H2,1-2H3. The quantitative estimate of drug-likeness (QED) is 0.153. The molecule has 0 N–H and O–H groups in total. The molecule has 0 radical (unpaired) electrons. The van der Waals surface area contributed by atoms with Crippen LogP contribution in [-0.4, -0.2) is 7.11 Å². The molecule has 22 heavy (non-hydrogen) atoms.